The molecule has 0 heterocycles. The molecule has 0 radical (unpaired) electrons. The number of halogens is 2. The topological polar surface area (TPSA) is 72.2 Å². The first kappa shape index (κ1) is 15.4. The highest BCUT2D eigenvalue weighted by atomic mass is 32.2. The number of primary sulfonamides is 1. The van der Waals surface area contributed by atoms with Crippen molar-refractivity contribution in [1.29, 1.82) is 0 Å². The molecule has 7 heteroatoms. The highest BCUT2D eigenvalue weighted by Crippen LogP contribution is 2.15. The van der Waals surface area contributed by atoms with Crippen LogP contribution in [0.5, 0.6) is 0 Å². The van der Waals surface area contributed by atoms with Crippen LogP contribution in [-0.2, 0) is 22.3 Å². The lowest BCUT2D eigenvalue weighted by Crippen LogP contribution is -2.14. The summed E-state index contributed by atoms with van der Waals surface area (Å²) in [5, 5.41) is 7.88. The minimum Gasteiger partial charge on any atom is -0.381 e. The van der Waals surface area contributed by atoms with Crippen LogP contribution in [0.2, 0.25) is 0 Å². The summed E-state index contributed by atoms with van der Waals surface area (Å²) in [6, 6.07) is 10.5. The van der Waals surface area contributed by atoms with E-state index in [0.717, 1.165) is 6.07 Å². The van der Waals surface area contributed by atoms with Crippen LogP contribution in [-0.4, -0.2) is 8.42 Å². The fraction of sp³-hybridized carbons (Fsp3) is 0.143. The van der Waals surface area contributed by atoms with Gasteiger partial charge in [-0.15, -0.1) is 0 Å². The van der Waals surface area contributed by atoms with Gasteiger partial charge in [0.1, 0.15) is 0 Å². The number of anilines is 1. The van der Waals surface area contributed by atoms with Crippen molar-refractivity contribution in [3.63, 3.8) is 0 Å². The van der Waals surface area contributed by atoms with E-state index in [1.54, 1.807) is 24.3 Å². The van der Waals surface area contributed by atoms with E-state index in [2.05, 4.69) is 5.32 Å². The van der Waals surface area contributed by atoms with Gasteiger partial charge < -0.3 is 5.32 Å². The molecule has 0 spiro atoms. The molecule has 2 rings (SSSR count). The first-order valence-electron chi connectivity index (χ1n) is 6.11. The molecule has 112 valence electrons. The number of hydrogen-bond donors (Lipinski definition) is 2. The largest absolute Gasteiger partial charge is 0.381 e. The lowest BCUT2D eigenvalue weighted by molar-refractivity contribution is 0.500. The summed E-state index contributed by atoms with van der Waals surface area (Å²) in [6.07, 6.45) is 0. The van der Waals surface area contributed by atoms with Gasteiger partial charge in [-0.1, -0.05) is 24.3 Å². The molecule has 0 unspecified atom stereocenters. The Balaban J connectivity index is 2.02. The van der Waals surface area contributed by atoms with Crippen LogP contribution in [0.15, 0.2) is 42.5 Å². The summed E-state index contributed by atoms with van der Waals surface area (Å²) in [5.74, 6) is -2.01. The monoisotopic (exact) mass is 312 g/mol. The van der Waals surface area contributed by atoms with Gasteiger partial charge in [-0.25, -0.2) is 22.3 Å². The Morgan fingerprint density at radius 2 is 1.71 bits per heavy atom. The molecule has 0 aliphatic carbocycles. The summed E-state index contributed by atoms with van der Waals surface area (Å²) in [6.45, 7) is 0.123. The molecule has 3 N–H and O–H groups in total. The van der Waals surface area contributed by atoms with E-state index >= 15 is 0 Å². The normalized spacial score (nSPS) is 11.4. The Bertz CT molecular complexity index is 731. The van der Waals surface area contributed by atoms with Gasteiger partial charge in [-0.05, 0) is 23.8 Å². The second-order valence-corrected chi connectivity index (χ2v) is 6.19. The van der Waals surface area contributed by atoms with E-state index in [4.69, 9.17) is 5.14 Å². The van der Waals surface area contributed by atoms with Gasteiger partial charge in [-0.2, -0.15) is 0 Å². The third-order valence-electron chi connectivity index (χ3n) is 2.84. The van der Waals surface area contributed by atoms with Gasteiger partial charge in [0.05, 0.1) is 5.75 Å². The van der Waals surface area contributed by atoms with Gasteiger partial charge in [0, 0.05) is 17.8 Å². The van der Waals surface area contributed by atoms with Crippen LogP contribution in [0, 0.1) is 11.6 Å². The van der Waals surface area contributed by atoms with Crippen LogP contribution in [0.1, 0.15) is 11.1 Å². The van der Waals surface area contributed by atoms with Crippen molar-refractivity contribution in [2.24, 2.45) is 5.14 Å². The van der Waals surface area contributed by atoms with E-state index in [9.17, 15) is 17.2 Å². The summed E-state index contributed by atoms with van der Waals surface area (Å²) in [4.78, 5) is 0. The molecule has 21 heavy (non-hydrogen) atoms. The second kappa shape index (κ2) is 6.19. The molecule has 0 atom stereocenters. The number of rotatable bonds is 5. The van der Waals surface area contributed by atoms with E-state index < -0.39 is 21.7 Å². The smallest absolute Gasteiger partial charge is 0.213 e. The van der Waals surface area contributed by atoms with Crippen LogP contribution in [0.25, 0.3) is 0 Å². The highest BCUT2D eigenvalue weighted by Gasteiger charge is 2.07. The van der Waals surface area contributed by atoms with Crippen molar-refractivity contribution >= 4 is 15.7 Å². The van der Waals surface area contributed by atoms with Crippen LogP contribution in [0.4, 0.5) is 14.5 Å². The molecule has 0 fully saturated rings. The zero-order valence-electron chi connectivity index (χ0n) is 11.0. The molecule has 0 amide bonds. The first-order chi connectivity index (χ1) is 9.85. The third kappa shape index (κ3) is 4.51. The molecule has 0 aliphatic heterocycles. The maximum absolute atomic E-state index is 13.5. The van der Waals surface area contributed by atoms with E-state index in [1.165, 1.54) is 12.1 Å². The number of nitrogens with two attached hydrogens (primary N) is 1. The Labute approximate surface area is 121 Å². The van der Waals surface area contributed by atoms with Crippen molar-refractivity contribution in [2.45, 2.75) is 12.3 Å². The lowest BCUT2D eigenvalue weighted by Gasteiger charge is -2.08. The van der Waals surface area contributed by atoms with Crippen molar-refractivity contribution in [2.75, 3.05) is 5.32 Å². The molecule has 0 aromatic heterocycles. The summed E-state index contributed by atoms with van der Waals surface area (Å²) >= 11 is 0. The standard InChI is InChI=1S/C14H14F2N2O2S/c15-13-3-1-2-11(14(13)16)8-18-12-6-4-10(5-7-12)9-21(17,19)20/h1-7,18H,8-9H2,(H2,17,19,20). The van der Waals surface area contributed by atoms with Crippen LogP contribution < -0.4 is 10.5 Å². The summed E-state index contributed by atoms with van der Waals surface area (Å²) in [5.41, 5.74) is 1.43. The average molecular weight is 312 g/mol. The van der Waals surface area contributed by atoms with Crippen molar-refractivity contribution in [3.05, 3.63) is 65.2 Å². The van der Waals surface area contributed by atoms with Gasteiger partial charge in [-0.3, -0.25) is 0 Å². The number of nitrogens with one attached hydrogen (secondary N) is 1. The molecule has 0 saturated heterocycles. The van der Waals surface area contributed by atoms with Gasteiger partial charge in [0.25, 0.3) is 0 Å². The molecular formula is C14H14F2N2O2S. The second-order valence-electron chi connectivity index (χ2n) is 4.57. The number of hydrogen-bond acceptors (Lipinski definition) is 3. The summed E-state index contributed by atoms with van der Waals surface area (Å²) < 4.78 is 48.4. The zero-order valence-corrected chi connectivity index (χ0v) is 11.8. The molecule has 0 saturated carbocycles. The van der Waals surface area contributed by atoms with Crippen LogP contribution in [0.3, 0.4) is 0 Å². The summed E-state index contributed by atoms with van der Waals surface area (Å²) in [7, 11) is -3.57. The minimum atomic E-state index is -3.57. The Kier molecular flexibility index (Phi) is 4.54. The Hall–Kier alpha value is -1.99. The fourth-order valence-corrected chi connectivity index (χ4v) is 2.49. The fourth-order valence-electron chi connectivity index (χ4n) is 1.83. The molecule has 2 aromatic rings. The lowest BCUT2D eigenvalue weighted by atomic mass is 10.2. The molecule has 4 nitrogen and oxygen atoms in total. The van der Waals surface area contributed by atoms with E-state index in [0.29, 0.717) is 11.3 Å². The van der Waals surface area contributed by atoms with Gasteiger partial charge in [0.2, 0.25) is 10.0 Å². The zero-order chi connectivity index (χ0) is 15.5. The molecule has 0 bridgehead atoms. The quantitative estimate of drug-likeness (QED) is 0.890. The maximum atomic E-state index is 13.5. The maximum Gasteiger partial charge on any atom is 0.213 e. The molecular weight excluding hydrogens is 298 g/mol. The Morgan fingerprint density at radius 1 is 1.05 bits per heavy atom. The van der Waals surface area contributed by atoms with Gasteiger partial charge >= 0.3 is 0 Å². The molecule has 2 aromatic carbocycles. The number of benzene rings is 2. The average Bonchev–Trinajstić information content (AvgIpc) is 2.40. The first-order valence-corrected chi connectivity index (χ1v) is 7.83. The van der Waals surface area contributed by atoms with Crippen molar-refractivity contribution < 1.29 is 17.2 Å². The SMILES string of the molecule is NS(=O)(=O)Cc1ccc(NCc2cccc(F)c2F)cc1. The predicted molar refractivity (Wildman–Crippen MR) is 76.9 cm³/mol. The van der Waals surface area contributed by atoms with Crippen molar-refractivity contribution in [3.8, 4) is 0 Å². The third-order valence-corrected chi connectivity index (χ3v) is 3.57. The number of sulfonamides is 1. The minimum absolute atomic E-state index is 0.123. The highest BCUT2D eigenvalue weighted by molar-refractivity contribution is 7.88. The van der Waals surface area contributed by atoms with Crippen LogP contribution >= 0.6 is 0 Å². The van der Waals surface area contributed by atoms with E-state index in [1.807, 2.05) is 0 Å². The molecule has 0 aliphatic rings. The Morgan fingerprint density at radius 3 is 2.33 bits per heavy atom. The van der Waals surface area contributed by atoms with E-state index in [-0.39, 0.29) is 17.9 Å². The van der Waals surface area contributed by atoms with Gasteiger partial charge in [0.15, 0.2) is 11.6 Å². The van der Waals surface area contributed by atoms with Crippen molar-refractivity contribution in [1.82, 2.24) is 0 Å². The predicted octanol–water partition coefficient (Wildman–Crippen LogP) is 2.37.